The summed E-state index contributed by atoms with van der Waals surface area (Å²) < 4.78 is 12.8. The summed E-state index contributed by atoms with van der Waals surface area (Å²) in [5.74, 6) is -0.165. The zero-order valence-electron chi connectivity index (χ0n) is 9.07. The molecule has 0 saturated heterocycles. The van der Waals surface area contributed by atoms with E-state index in [4.69, 9.17) is 11.5 Å². The molecule has 1 aromatic rings. The monoisotopic (exact) mass is 242 g/mol. The maximum atomic E-state index is 12.8. The van der Waals surface area contributed by atoms with Gasteiger partial charge in [-0.3, -0.25) is 4.79 Å². The minimum atomic E-state index is -1.000. The highest BCUT2D eigenvalue weighted by Crippen LogP contribution is 2.21. The number of hydrogen-bond donors (Lipinski definition) is 2. The summed E-state index contributed by atoms with van der Waals surface area (Å²) in [5.41, 5.74) is 9.83. The van der Waals surface area contributed by atoms with Crippen LogP contribution in [0, 0.1) is 5.82 Å². The van der Waals surface area contributed by atoms with Crippen LogP contribution in [0.1, 0.15) is 13.3 Å². The van der Waals surface area contributed by atoms with Crippen molar-refractivity contribution in [2.24, 2.45) is 11.5 Å². The molecule has 1 aromatic carbocycles. The van der Waals surface area contributed by atoms with Crippen LogP contribution in [0.15, 0.2) is 29.2 Å². The number of amides is 1. The molecule has 16 heavy (non-hydrogen) atoms. The normalized spacial score (nSPS) is 14.4. The lowest BCUT2D eigenvalue weighted by atomic mass is 10.0. The molecule has 0 fully saturated rings. The molecule has 0 aliphatic rings. The number of halogens is 1. The van der Waals surface area contributed by atoms with Crippen LogP contribution in [0.3, 0.4) is 0 Å². The predicted molar refractivity (Wildman–Crippen MR) is 63.5 cm³/mol. The number of hydrogen-bond acceptors (Lipinski definition) is 3. The first-order valence-corrected chi connectivity index (χ1v) is 5.87. The van der Waals surface area contributed by atoms with Crippen molar-refractivity contribution in [3.63, 3.8) is 0 Å². The van der Waals surface area contributed by atoms with E-state index in [1.165, 1.54) is 23.9 Å². The van der Waals surface area contributed by atoms with Gasteiger partial charge in [-0.25, -0.2) is 4.39 Å². The Morgan fingerprint density at radius 3 is 2.81 bits per heavy atom. The second-order valence-corrected chi connectivity index (χ2v) is 5.01. The van der Waals surface area contributed by atoms with Crippen molar-refractivity contribution in [3.05, 3.63) is 30.1 Å². The Bertz CT molecular complexity index is 382. The largest absolute Gasteiger partial charge is 0.368 e. The van der Waals surface area contributed by atoms with Crippen LogP contribution in [-0.4, -0.2) is 17.2 Å². The molecule has 1 atom stereocenters. The number of nitrogens with two attached hydrogens (primary N) is 2. The second kappa shape index (κ2) is 5.32. The minimum absolute atomic E-state index is 0.268. The van der Waals surface area contributed by atoms with E-state index in [9.17, 15) is 9.18 Å². The van der Waals surface area contributed by atoms with Crippen LogP contribution in [0.2, 0.25) is 0 Å². The van der Waals surface area contributed by atoms with Crippen molar-refractivity contribution in [3.8, 4) is 0 Å². The maximum Gasteiger partial charge on any atom is 0.237 e. The molecule has 0 heterocycles. The van der Waals surface area contributed by atoms with Crippen molar-refractivity contribution in [1.29, 1.82) is 0 Å². The molecule has 3 nitrogen and oxygen atoms in total. The third-order valence-electron chi connectivity index (χ3n) is 2.25. The van der Waals surface area contributed by atoms with Gasteiger partial charge in [0.2, 0.25) is 5.91 Å². The van der Waals surface area contributed by atoms with E-state index in [0.717, 1.165) is 4.90 Å². The fraction of sp³-hybridized carbons (Fsp3) is 0.364. The zero-order chi connectivity index (χ0) is 12.2. The summed E-state index contributed by atoms with van der Waals surface area (Å²) in [7, 11) is 0. The first-order chi connectivity index (χ1) is 7.42. The lowest BCUT2D eigenvalue weighted by Gasteiger charge is -2.19. The average Bonchev–Trinajstić information content (AvgIpc) is 2.17. The molecule has 0 spiro atoms. The Kier molecular flexibility index (Phi) is 4.32. The summed E-state index contributed by atoms with van der Waals surface area (Å²) in [6, 6.07) is 6.29. The Morgan fingerprint density at radius 1 is 1.56 bits per heavy atom. The van der Waals surface area contributed by atoms with Gasteiger partial charge >= 0.3 is 0 Å². The molecule has 1 rings (SSSR count). The van der Waals surface area contributed by atoms with Crippen molar-refractivity contribution in [2.45, 2.75) is 23.8 Å². The molecule has 88 valence electrons. The number of benzene rings is 1. The third kappa shape index (κ3) is 3.83. The van der Waals surface area contributed by atoms with E-state index in [2.05, 4.69) is 0 Å². The van der Waals surface area contributed by atoms with Gasteiger partial charge in [0.15, 0.2) is 0 Å². The van der Waals surface area contributed by atoms with E-state index in [1.807, 2.05) is 6.07 Å². The van der Waals surface area contributed by atoms with Crippen LogP contribution in [-0.2, 0) is 4.79 Å². The van der Waals surface area contributed by atoms with Crippen molar-refractivity contribution in [2.75, 3.05) is 5.75 Å². The van der Waals surface area contributed by atoms with Crippen LogP contribution < -0.4 is 11.5 Å². The molecule has 1 amide bonds. The van der Waals surface area contributed by atoms with Crippen molar-refractivity contribution < 1.29 is 9.18 Å². The number of thioether (sulfide) groups is 1. The molecule has 4 N–H and O–H groups in total. The first-order valence-electron chi connectivity index (χ1n) is 4.89. The number of carbonyl (C=O) groups is 1. The summed E-state index contributed by atoms with van der Waals surface area (Å²) in [6.45, 7) is 1.60. The van der Waals surface area contributed by atoms with Gasteiger partial charge < -0.3 is 11.5 Å². The third-order valence-corrected chi connectivity index (χ3v) is 3.24. The molecule has 1 unspecified atom stereocenters. The Labute approximate surface area is 98.4 Å². The Balaban J connectivity index is 2.45. The van der Waals surface area contributed by atoms with Gasteiger partial charge in [0.25, 0.3) is 0 Å². The Morgan fingerprint density at radius 2 is 2.25 bits per heavy atom. The van der Waals surface area contributed by atoms with Gasteiger partial charge in [0.05, 0.1) is 5.54 Å². The highest BCUT2D eigenvalue weighted by Gasteiger charge is 2.24. The maximum absolute atomic E-state index is 12.8. The van der Waals surface area contributed by atoms with E-state index in [1.54, 1.807) is 13.0 Å². The summed E-state index contributed by atoms with van der Waals surface area (Å²) >= 11 is 1.45. The van der Waals surface area contributed by atoms with Gasteiger partial charge in [-0.1, -0.05) is 6.07 Å². The summed E-state index contributed by atoms with van der Waals surface area (Å²) in [4.78, 5) is 11.8. The van der Waals surface area contributed by atoms with Crippen LogP contribution >= 0.6 is 11.8 Å². The van der Waals surface area contributed by atoms with E-state index in [0.29, 0.717) is 12.2 Å². The molecular weight excluding hydrogens is 227 g/mol. The molecule has 0 bridgehead atoms. The highest BCUT2D eigenvalue weighted by atomic mass is 32.2. The minimum Gasteiger partial charge on any atom is -0.368 e. The standard InChI is InChI=1S/C11H15FN2OS/c1-11(14,10(13)15)5-6-16-9-4-2-3-8(12)7-9/h2-4,7H,5-6,14H2,1H3,(H2,13,15). The lowest BCUT2D eigenvalue weighted by molar-refractivity contribution is -0.122. The first kappa shape index (κ1) is 13.0. The van der Waals surface area contributed by atoms with Gasteiger partial charge in [0, 0.05) is 10.6 Å². The van der Waals surface area contributed by atoms with Gasteiger partial charge in [-0.2, -0.15) is 0 Å². The van der Waals surface area contributed by atoms with Crippen molar-refractivity contribution in [1.82, 2.24) is 0 Å². The smallest absolute Gasteiger partial charge is 0.237 e. The van der Waals surface area contributed by atoms with Crippen LogP contribution in [0.4, 0.5) is 4.39 Å². The van der Waals surface area contributed by atoms with Crippen molar-refractivity contribution >= 4 is 17.7 Å². The molecule has 0 aliphatic heterocycles. The fourth-order valence-corrected chi connectivity index (χ4v) is 2.19. The van der Waals surface area contributed by atoms with E-state index in [-0.39, 0.29) is 5.82 Å². The summed E-state index contributed by atoms with van der Waals surface area (Å²) in [5, 5.41) is 0. The van der Waals surface area contributed by atoms with Gasteiger partial charge in [-0.15, -0.1) is 11.8 Å². The van der Waals surface area contributed by atoms with E-state index >= 15 is 0 Å². The molecule has 0 radical (unpaired) electrons. The molecular formula is C11H15FN2OS. The van der Waals surface area contributed by atoms with Gasteiger partial charge in [0.1, 0.15) is 5.82 Å². The lowest BCUT2D eigenvalue weighted by Crippen LogP contribution is -2.49. The molecule has 0 saturated carbocycles. The number of rotatable bonds is 5. The number of primary amides is 1. The van der Waals surface area contributed by atoms with Crippen LogP contribution in [0.25, 0.3) is 0 Å². The SMILES string of the molecule is CC(N)(CCSc1cccc(F)c1)C(N)=O. The van der Waals surface area contributed by atoms with E-state index < -0.39 is 11.4 Å². The highest BCUT2D eigenvalue weighted by molar-refractivity contribution is 7.99. The fourth-order valence-electron chi connectivity index (χ4n) is 1.06. The molecule has 5 heteroatoms. The molecule has 0 aromatic heterocycles. The predicted octanol–water partition coefficient (Wildman–Crippen LogP) is 1.51. The topological polar surface area (TPSA) is 69.1 Å². The number of carbonyl (C=O) groups excluding carboxylic acids is 1. The quantitative estimate of drug-likeness (QED) is 0.769. The second-order valence-electron chi connectivity index (χ2n) is 3.84. The Hall–Kier alpha value is -1.07. The van der Waals surface area contributed by atoms with Crippen LogP contribution in [0.5, 0.6) is 0 Å². The van der Waals surface area contributed by atoms with Gasteiger partial charge in [-0.05, 0) is 31.5 Å². The average molecular weight is 242 g/mol. The zero-order valence-corrected chi connectivity index (χ0v) is 9.89. The molecule has 0 aliphatic carbocycles. The summed E-state index contributed by atoms with van der Waals surface area (Å²) in [6.07, 6.45) is 0.462.